The summed E-state index contributed by atoms with van der Waals surface area (Å²) in [7, 11) is -0.930. The summed E-state index contributed by atoms with van der Waals surface area (Å²) < 4.78 is 24.9. The fourth-order valence-electron chi connectivity index (χ4n) is 1.86. The molecule has 1 aliphatic rings. The van der Waals surface area contributed by atoms with E-state index in [-0.39, 0.29) is 11.3 Å². The molecule has 0 aliphatic carbocycles. The number of hydrogen-bond acceptors (Lipinski definition) is 3. The van der Waals surface area contributed by atoms with Crippen LogP contribution in [0.4, 0.5) is 14.9 Å². The van der Waals surface area contributed by atoms with Gasteiger partial charge in [-0.3, -0.25) is 4.21 Å². The van der Waals surface area contributed by atoms with Crippen LogP contribution in [0, 0.1) is 5.82 Å². The molecule has 1 heterocycles. The number of rotatable bonds is 2. The van der Waals surface area contributed by atoms with E-state index >= 15 is 0 Å². The van der Waals surface area contributed by atoms with Crippen molar-refractivity contribution >= 4 is 28.5 Å². The molecule has 2 N–H and O–H groups in total. The minimum atomic E-state index is -1.32. The van der Waals surface area contributed by atoms with Crippen LogP contribution in [0.15, 0.2) is 18.2 Å². The van der Waals surface area contributed by atoms with Crippen molar-refractivity contribution in [3.63, 3.8) is 0 Å². The number of carboxylic acid groups (broad SMARTS) is 1. The number of halogens is 1. The Kier molecular flexibility index (Phi) is 4.33. The largest absolute Gasteiger partial charge is 0.478 e. The zero-order valence-corrected chi connectivity index (χ0v) is 11.3. The summed E-state index contributed by atoms with van der Waals surface area (Å²) in [5, 5.41) is 11.3. The second-order valence-corrected chi connectivity index (χ2v) is 5.93. The molecule has 1 fully saturated rings. The number of urea groups is 1. The molecular formula is C12H13FN2O4S. The lowest BCUT2D eigenvalue weighted by molar-refractivity contribution is 0.0697. The molecule has 2 rings (SSSR count). The van der Waals surface area contributed by atoms with Gasteiger partial charge in [0.1, 0.15) is 5.82 Å². The van der Waals surface area contributed by atoms with Gasteiger partial charge in [0.15, 0.2) is 0 Å². The number of carboxylic acids is 1. The average molecular weight is 300 g/mol. The van der Waals surface area contributed by atoms with Gasteiger partial charge in [-0.2, -0.15) is 0 Å². The Bertz CT molecular complexity index is 569. The van der Waals surface area contributed by atoms with Gasteiger partial charge in [-0.05, 0) is 12.1 Å². The van der Waals surface area contributed by atoms with Gasteiger partial charge in [0, 0.05) is 35.4 Å². The van der Waals surface area contributed by atoms with Crippen LogP contribution >= 0.6 is 0 Å². The minimum Gasteiger partial charge on any atom is -0.478 e. The fourth-order valence-corrected chi connectivity index (χ4v) is 2.91. The van der Waals surface area contributed by atoms with Crippen LogP contribution in [0.25, 0.3) is 0 Å². The van der Waals surface area contributed by atoms with Crippen LogP contribution in [0.1, 0.15) is 10.4 Å². The molecule has 1 aliphatic heterocycles. The molecule has 0 radical (unpaired) electrons. The van der Waals surface area contributed by atoms with E-state index in [1.165, 1.54) is 17.0 Å². The van der Waals surface area contributed by atoms with Gasteiger partial charge in [-0.15, -0.1) is 0 Å². The molecule has 1 aromatic carbocycles. The highest BCUT2D eigenvalue weighted by Crippen LogP contribution is 2.20. The lowest BCUT2D eigenvalue weighted by atomic mass is 10.1. The lowest BCUT2D eigenvalue weighted by Gasteiger charge is -2.26. The Morgan fingerprint density at radius 3 is 2.55 bits per heavy atom. The highest BCUT2D eigenvalue weighted by Gasteiger charge is 2.23. The predicted molar refractivity (Wildman–Crippen MR) is 71.8 cm³/mol. The molecule has 1 saturated heterocycles. The second-order valence-electron chi connectivity index (χ2n) is 4.23. The molecule has 0 unspecified atom stereocenters. The van der Waals surface area contributed by atoms with E-state index in [2.05, 4.69) is 5.32 Å². The van der Waals surface area contributed by atoms with Gasteiger partial charge in [0.25, 0.3) is 0 Å². The third-order valence-corrected chi connectivity index (χ3v) is 4.22. The number of carbonyl (C=O) groups excluding carboxylic acids is 1. The summed E-state index contributed by atoms with van der Waals surface area (Å²) in [6.45, 7) is 0.602. The van der Waals surface area contributed by atoms with Gasteiger partial charge < -0.3 is 15.3 Å². The number of carbonyl (C=O) groups is 2. The molecule has 0 spiro atoms. The van der Waals surface area contributed by atoms with E-state index in [0.717, 1.165) is 6.07 Å². The van der Waals surface area contributed by atoms with Crippen molar-refractivity contribution in [3.8, 4) is 0 Å². The number of amides is 2. The third kappa shape index (κ3) is 3.13. The quantitative estimate of drug-likeness (QED) is 0.857. The van der Waals surface area contributed by atoms with E-state index < -0.39 is 28.6 Å². The number of benzene rings is 1. The van der Waals surface area contributed by atoms with Gasteiger partial charge in [-0.25, -0.2) is 14.0 Å². The molecular weight excluding hydrogens is 287 g/mol. The first-order valence-corrected chi connectivity index (χ1v) is 7.40. The maximum absolute atomic E-state index is 13.7. The second kappa shape index (κ2) is 6.00. The smallest absolute Gasteiger partial charge is 0.337 e. The van der Waals surface area contributed by atoms with Gasteiger partial charge in [0.05, 0.1) is 11.3 Å². The van der Waals surface area contributed by atoms with Crippen LogP contribution in [-0.4, -0.2) is 50.8 Å². The van der Waals surface area contributed by atoms with Crippen molar-refractivity contribution in [2.75, 3.05) is 29.9 Å². The monoisotopic (exact) mass is 300 g/mol. The van der Waals surface area contributed by atoms with Crippen LogP contribution < -0.4 is 5.32 Å². The van der Waals surface area contributed by atoms with Crippen LogP contribution in [0.5, 0.6) is 0 Å². The van der Waals surface area contributed by atoms with Crippen molar-refractivity contribution in [2.24, 2.45) is 0 Å². The Morgan fingerprint density at radius 2 is 1.95 bits per heavy atom. The summed E-state index contributed by atoms with van der Waals surface area (Å²) in [4.78, 5) is 24.3. The van der Waals surface area contributed by atoms with E-state index in [1.807, 2.05) is 0 Å². The van der Waals surface area contributed by atoms with E-state index in [9.17, 15) is 18.2 Å². The van der Waals surface area contributed by atoms with E-state index in [0.29, 0.717) is 24.6 Å². The molecule has 0 aromatic heterocycles. The number of para-hydroxylation sites is 1. The average Bonchev–Trinajstić information content (AvgIpc) is 2.41. The highest BCUT2D eigenvalue weighted by atomic mass is 32.2. The molecule has 20 heavy (non-hydrogen) atoms. The van der Waals surface area contributed by atoms with Gasteiger partial charge in [-0.1, -0.05) is 6.07 Å². The first-order valence-electron chi connectivity index (χ1n) is 5.91. The maximum atomic E-state index is 13.7. The van der Waals surface area contributed by atoms with Crippen LogP contribution in [-0.2, 0) is 10.8 Å². The lowest BCUT2D eigenvalue weighted by Crippen LogP contribution is -2.44. The zero-order chi connectivity index (χ0) is 14.7. The maximum Gasteiger partial charge on any atom is 0.337 e. The van der Waals surface area contributed by atoms with E-state index in [1.54, 1.807) is 0 Å². The first-order chi connectivity index (χ1) is 9.49. The molecule has 0 saturated carbocycles. The molecule has 0 bridgehead atoms. The molecule has 1 aromatic rings. The van der Waals surface area contributed by atoms with Crippen molar-refractivity contribution in [1.29, 1.82) is 0 Å². The Hall–Kier alpha value is -1.96. The number of nitrogens with one attached hydrogen (secondary N) is 1. The van der Waals surface area contributed by atoms with Crippen molar-refractivity contribution in [1.82, 2.24) is 4.90 Å². The predicted octanol–water partition coefficient (Wildman–Crippen LogP) is 1.12. The summed E-state index contributed by atoms with van der Waals surface area (Å²) in [5.74, 6) is -1.38. The Morgan fingerprint density at radius 1 is 1.30 bits per heavy atom. The number of hydrogen-bond donors (Lipinski definition) is 2. The Labute approximate surface area is 117 Å². The molecule has 108 valence electrons. The summed E-state index contributed by atoms with van der Waals surface area (Å²) in [6, 6.07) is 2.97. The highest BCUT2D eigenvalue weighted by molar-refractivity contribution is 7.85. The molecule has 2 amide bonds. The summed E-state index contributed by atoms with van der Waals surface area (Å²) >= 11 is 0. The van der Waals surface area contributed by atoms with Crippen molar-refractivity contribution < 1.29 is 23.3 Å². The van der Waals surface area contributed by atoms with E-state index in [4.69, 9.17) is 5.11 Å². The zero-order valence-electron chi connectivity index (χ0n) is 10.5. The Balaban J connectivity index is 2.15. The van der Waals surface area contributed by atoms with Crippen molar-refractivity contribution in [3.05, 3.63) is 29.6 Å². The standard InChI is InChI=1S/C12H13FN2O4S/c13-9-3-1-2-8(11(16)17)10(9)14-12(18)15-4-6-20(19)7-5-15/h1-3H,4-7H2,(H,14,18)(H,16,17). The molecule has 0 atom stereocenters. The molecule has 6 nitrogen and oxygen atoms in total. The molecule has 8 heteroatoms. The third-order valence-electron chi connectivity index (χ3n) is 2.94. The minimum absolute atomic E-state index is 0.301. The topological polar surface area (TPSA) is 86.7 Å². The van der Waals surface area contributed by atoms with Crippen LogP contribution in [0.2, 0.25) is 0 Å². The summed E-state index contributed by atoms with van der Waals surface area (Å²) in [6.07, 6.45) is 0. The van der Waals surface area contributed by atoms with Gasteiger partial charge >= 0.3 is 12.0 Å². The normalized spacial score (nSPS) is 15.9. The fraction of sp³-hybridized carbons (Fsp3) is 0.333. The van der Waals surface area contributed by atoms with Crippen molar-refractivity contribution in [2.45, 2.75) is 0 Å². The van der Waals surface area contributed by atoms with Gasteiger partial charge in [0.2, 0.25) is 0 Å². The SMILES string of the molecule is O=C(O)c1cccc(F)c1NC(=O)N1CCS(=O)CC1. The summed E-state index contributed by atoms with van der Waals surface area (Å²) in [5.41, 5.74) is -0.657. The van der Waals surface area contributed by atoms with Crippen LogP contribution in [0.3, 0.4) is 0 Å². The number of aromatic carboxylic acids is 1. The number of nitrogens with zero attached hydrogens (tertiary/aromatic N) is 1. The number of anilines is 1. The first kappa shape index (κ1) is 14.4.